The first-order chi connectivity index (χ1) is 13.9. The minimum absolute atomic E-state index is 0.0272. The molecule has 0 atom stereocenters. The molecule has 154 valence electrons. The Balaban J connectivity index is 1.53. The van der Waals surface area contributed by atoms with Gasteiger partial charge in [-0.1, -0.05) is 0 Å². The Morgan fingerprint density at radius 3 is 2.45 bits per heavy atom. The zero-order valence-corrected chi connectivity index (χ0v) is 17.3. The molecule has 0 amide bonds. The Bertz CT molecular complexity index is 881. The number of nitrogens with zero attached hydrogens (tertiary/aromatic N) is 3. The summed E-state index contributed by atoms with van der Waals surface area (Å²) in [6.45, 7) is 5.65. The molecular formula is C21H24F2N4OS. The highest BCUT2D eigenvalue weighted by molar-refractivity contribution is 7.80. The van der Waals surface area contributed by atoms with Gasteiger partial charge in [-0.3, -0.25) is 5.43 Å². The van der Waals surface area contributed by atoms with Crippen LogP contribution in [0.3, 0.4) is 0 Å². The van der Waals surface area contributed by atoms with Gasteiger partial charge in [0.15, 0.2) is 5.11 Å². The number of benzene rings is 2. The largest absolute Gasteiger partial charge is 0.489 e. The van der Waals surface area contributed by atoms with Crippen LogP contribution in [0.1, 0.15) is 18.1 Å². The molecule has 3 rings (SSSR count). The molecule has 1 heterocycles. The first-order valence-electron chi connectivity index (χ1n) is 9.37. The highest BCUT2D eigenvalue weighted by Gasteiger charge is 2.15. The molecule has 1 aliphatic rings. The van der Waals surface area contributed by atoms with E-state index in [1.807, 2.05) is 19.1 Å². The van der Waals surface area contributed by atoms with Gasteiger partial charge in [0.25, 0.3) is 0 Å². The van der Waals surface area contributed by atoms with Gasteiger partial charge in [0.05, 0.1) is 5.71 Å². The van der Waals surface area contributed by atoms with E-state index in [-0.39, 0.29) is 6.61 Å². The molecule has 0 radical (unpaired) electrons. The van der Waals surface area contributed by atoms with Crippen LogP contribution in [-0.2, 0) is 6.61 Å². The molecule has 1 N–H and O–H groups in total. The van der Waals surface area contributed by atoms with Gasteiger partial charge >= 0.3 is 0 Å². The van der Waals surface area contributed by atoms with Crippen molar-refractivity contribution in [3.63, 3.8) is 0 Å². The Hall–Kier alpha value is -2.58. The number of nitrogens with one attached hydrogen (secondary N) is 1. The summed E-state index contributed by atoms with van der Waals surface area (Å²) in [5, 5.41) is 5.00. The van der Waals surface area contributed by atoms with Crippen molar-refractivity contribution < 1.29 is 13.5 Å². The Kier molecular flexibility index (Phi) is 7.11. The van der Waals surface area contributed by atoms with Gasteiger partial charge in [0.1, 0.15) is 24.0 Å². The second-order valence-corrected chi connectivity index (χ2v) is 7.34. The molecule has 2 aromatic rings. The lowest BCUT2D eigenvalue weighted by Crippen LogP contribution is -2.49. The zero-order valence-electron chi connectivity index (χ0n) is 16.5. The number of thiocarbonyl (C=S) groups is 1. The van der Waals surface area contributed by atoms with E-state index < -0.39 is 11.6 Å². The monoisotopic (exact) mass is 418 g/mol. The molecule has 0 saturated carbocycles. The van der Waals surface area contributed by atoms with Crippen molar-refractivity contribution >= 4 is 23.0 Å². The second kappa shape index (κ2) is 9.76. The van der Waals surface area contributed by atoms with Crippen molar-refractivity contribution in [3.05, 3.63) is 65.2 Å². The van der Waals surface area contributed by atoms with E-state index >= 15 is 0 Å². The van der Waals surface area contributed by atoms with Crippen molar-refractivity contribution in [2.75, 3.05) is 33.2 Å². The Morgan fingerprint density at radius 1 is 1.10 bits per heavy atom. The van der Waals surface area contributed by atoms with Crippen LogP contribution in [-0.4, -0.2) is 53.9 Å². The van der Waals surface area contributed by atoms with Crippen molar-refractivity contribution in [1.29, 1.82) is 0 Å². The number of hydrogen-bond acceptors (Lipinski definition) is 4. The minimum atomic E-state index is -0.619. The zero-order chi connectivity index (χ0) is 20.8. The molecule has 0 bridgehead atoms. The molecule has 0 aliphatic carbocycles. The summed E-state index contributed by atoms with van der Waals surface area (Å²) < 4.78 is 32.2. The fourth-order valence-corrected chi connectivity index (χ4v) is 3.10. The van der Waals surface area contributed by atoms with Gasteiger partial charge < -0.3 is 14.5 Å². The van der Waals surface area contributed by atoms with Gasteiger partial charge in [0, 0.05) is 37.8 Å². The SMILES string of the molecule is C/C(=N\NC(=S)N1CCN(C)CC1)c1ccc(OCc2ccc(F)cc2F)cc1. The summed E-state index contributed by atoms with van der Waals surface area (Å²) >= 11 is 5.42. The molecular weight excluding hydrogens is 394 g/mol. The van der Waals surface area contributed by atoms with E-state index in [1.165, 1.54) is 12.1 Å². The number of halogens is 2. The van der Waals surface area contributed by atoms with Gasteiger partial charge in [-0.15, -0.1) is 0 Å². The van der Waals surface area contributed by atoms with E-state index in [9.17, 15) is 8.78 Å². The van der Waals surface area contributed by atoms with Crippen LogP contribution in [0.15, 0.2) is 47.6 Å². The van der Waals surface area contributed by atoms with Crippen molar-refractivity contribution in [3.8, 4) is 5.75 Å². The third-order valence-corrected chi connectivity index (χ3v) is 5.14. The van der Waals surface area contributed by atoms with Crippen molar-refractivity contribution in [2.45, 2.75) is 13.5 Å². The summed E-state index contributed by atoms with van der Waals surface area (Å²) in [4.78, 5) is 4.37. The molecule has 8 heteroatoms. The number of hydrogen-bond donors (Lipinski definition) is 1. The Labute approximate surface area is 175 Å². The van der Waals surface area contributed by atoms with Crippen LogP contribution in [0.25, 0.3) is 0 Å². The maximum Gasteiger partial charge on any atom is 0.189 e. The maximum atomic E-state index is 13.7. The third-order valence-electron chi connectivity index (χ3n) is 4.79. The predicted molar refractivity (Wildman–Crippen MR) is 114 cm³/mol. The fourth-order valence-electron chi connectivity index (χ4n) is 2.87. The van der Waals surface area contributed by atoms with E-state index in [2.05, 4.69) is 27.4 Å². The molecule has 1 aliphatic heterocycles. The van der Waals surface area contributed by atoms with Gasteiger partial charge in [-0.05, 0) is 68.2 Å². The van der Waals surface area contributed by atoms with Crippen LogP contribution < -0.4 is 10.2 Å². The first-order valence-corrected chi connectivity index (χ1v) is 9.78. The smallest absolute Gasteiger partial charge is 0.189 e. The third kappa shape index (κ3) is 5.95. The van der Waals surface area contributed by atoms with Gasteiger partial charge in [-0.25, -0.2) is 8.78 Å². The minimum Gasteiger partial charge on any atom is -0.489 e. The van der Waals surface area contributed by atoms with E-state index in [1.54, 1.807) is 12.1 Å². The summed E-state index contributed by atoms with van der Waals surface area (Å²) in [5.74, 6) is -0.635. The van der Waals surface area contributed by atoms with Crippen molar-refractivity contribution in [2.24, 2.45) is 5.10 Å². The Morgan fingerprint density at radius 2 is 1.79 bits per heavy atom. The average Bonchev–Trinajstić information content (AvgIpc) is 2.72. The van der Waals surface area contributed by atoms with E-state index in [4.69, 9.17) is 17.0 Å². The van der Waals surface area contributed by atoms with E-state index in [0.717, 1.165) is 43.5 Å². The summed E-state index contributed by atoms with van der Waals surface area (Å²) in [6.07, 6.45) is 0. The van der Waals surface area contributed by atoms with Crippen LogP contribution in [0.2, 0.25) is 0 Å². The molecule has 1 fully saturated rings. The molecule has 0 aromatic heterocycles. The highest BCUT2D eigenvalue weighted by atomic mass is 32.1. The molecule has 29 heavy (non-hydrogen) atoms. The van der Waals surface area contributed by atoms with Crippen molar-refractivity contribution in [1.82, 2.24) is 15.2 Å². The quantitative estimate of drug-likeness (QED) is 0.458. The van der Waals surface area contributed by atoms with Crippen LogP contribution in [0, 0.1) is 11.6 Å². The average molecular weight is 419 g/mol. The predicted octanol–water partition coefficient (Wildman–Crippen LogP) is 3.39. The number of likely N-dealkylation sites (N-methyl/N-ethyl adjacent to an activating group) is 1. The van der Waals surface area contributed by atoms with E-state index in [0.29, 0.717) is 16.4 Å². The molecule has 0 unspecified atom stereocenters. The molecule has 1 saturated heterocycles. The first kappa shape index (κ1) is 21.1. The van der Waals surface area contributed by atoms with Crippen LogP contribution in [0.4, 0.5) is 8.78 Å². The fraction of sp³-hybridized carbons (Fsp3) is 0.333. The number of piperazine rings is 1. The summed E-state index contributed by atoms with van der Waals surface area (Å²) in [7, 11) is 2.10. The van der Waals surface area contributed by atoms with Crippen LogP contribution >= 0.6 is 12.2 Å². The second-order valence-electron chi connectivity index (χ2n) is 6.95. The molecule has 0 spiro atoms. The van der Waals surface area contributed by atoms with Gasteiger partial charge in [-0.2, -0.15) is 5.10 Å². The number of hydrazone groups is 1. The topological polar surface area (TPSA) is 40.1 Å². The number of rotatable bonds is 5. The molecule has 5 nitrogen and oxygen atoms in total. The van der Waals surface area contributed by atoms with Gasteiger partial charge in [0.2, 0.25) is 0 Å². The maximum absolute atomic E-state index is 13.7. The summed E-state index contributed by atoms with van der Waals surface area (Å²) in [5.41, 5.74) is 4.97. The molecule has 2 aromatic carbocycles. The van der Waals surface area contributed by atoms with Crippen LogP contribution in [0.5, 0.6) is 5.75 Å². The lowest BCUT2D eigenvalue weighted by atomic mass is 10.1. The number of ether oxygens (including phenoxy) is 1. The lowest BCUT2D eigenvalue weighted by Gasteiger charge is -2.33. The normalized spacial score (nSPS) is 15.3. The highest BCUT2D eigenvalue weighted by Crippen LogP contribution is 2.17. The summed E-state index contributed by atoms with van der Waals surface area (Å²) in [6, 6.07) is 10.8. The lowest BCUT2D eigenvalue weighted by molar-refractivity contribution is 0.214. The standard InChI is InChI=1S/C21H24F2N4OS/c1-15(24-25-21(29)27-11-9-26(2)10-12-27)16-4-7-19(8-5-16)28-14-17-3-6-18(22)13-20(17)23/h3-8,13H,9-12,14H2,1-2H3,(H,25,29)/b24-15+.